The first-order valence-corrected chi connectivity index (χ1v) is 11.2. The number of aliphatic hydroxyl groups is 1. The summed E-state index contributed by atoms with van der Waals surface area (Å²) in [6.45, 7) is 8.86. The number of nitrogens with zero attached hydrogens (tertiary/aromatic N) is 3. The number of hydrogen-bond acceptors (Lipinski definition) is 5. The van der Waals surface area contributed by atoms with Gasteiger partial charge in [-0.15, -0.1) is 0 Å². The van der Waals surface area contributed by atoms with Crippen molar-refractivity contribution in [3.63, 3.8) is 0 Å². The van der Waals surface area contributed by atoms with E-state index < -0.39 is 0 Å². The minimum absolute atomic E-state index is 0.0101. The third-order valence-electron chi connectivity index (χ3n) is 6.38. The first-order valence-electron chi connectivity index (χ1n) is 11.2. The lowest BCUT2D eigenvalue weighted by atomic mass is 9.84. The Morgan fingerprint density at radius 1 is 1.13 bits per heavy atom. The van der Waals surface area contributed by atoms with Gasteiger partial charge >= 0.3 is 0 Å². The van der Waals surface area contributed by atoms with Crippen LogP contribution in [-0.4, -0.2) is 87.5 Å². The lowest BCUT2D eigenvalue weighted by Crippen LogP contribution is -2.44. The molecule has 0 aliphatic carbocycles. The van der Waals surface area contributed by atoms with Crippen molar-refractivity contribution >= 4 is 5.96 Å². The van der Waals surface area contributed by atoms with Gasteiger partial charge in [-0.3, -0.25) is 9.89 Å². The molecule has 0 spiro atoms. The van der Waals surface area contributed by atoms with Gasteiger partial charge in [0.15, 0.2) is 5.96 Å². The summed E-state index contributed by atoms with van der Waals surface area (Å²) in [5.41, 5.74) is 2.63. The first-order chi connectivity index (χ1) is 14.6. The number of hydrogen-bond donors (Lipinski definition) is 3. The largest absolute Gasteiger partial charge is 0.396 e. The van der Waals surface area contributed by atoms with Crippen LogP contribution in [0.5, 0.6) is 0 Å². The van der Waals surface area contributed by atoms with E-state index in [0.717, 1.165) is 58.1 Å². The zero-order valence-electron chi connectivity index (χ0n) is 18.7. The second-order valence-corrected chi connectivity index (χ2v) is 8.80. The maximum atomic E-state index is 9.38. The van der Waals surface area contributed by atoms with Crippen LogP contribution in [-0.2, 0) is 17.8 Å². The predicted octanol–water partition coefficient (Wildman–Crippen LogP) is 1.28. The molecule has 0 radical (unpaired) electrons. The molecule has 0 bridgehead atoms. The van der Waals surface area contributed by atoms with Gasteiger partial charge in [-0.25, -0.2) is 0 Å². The summed E-state index contributed by atoms with van der Waals surface area (Å²) in [4.78, 5) is 9.32. The van der Waals surface area contributed by atoms with Crippen LogP contribution >= 0.6 is 0 Å². The highest BCUT2D eigenvalue weighted by Crippen LogP contribution is 2.31. The number of likely N-dealkylation sites (N-methyl/N-ethyl adjacent to an activating group) is 1. The van der Waals surface area contributed by atoms with E-state index in [9.17, 15) is 5.11 Å². The van der Waals surface area contributed by atoms with Crippen molar-refractivity contribution in [1.29, 1.82) is 0 Å². The van der Waals surface area contributed by atoms with Crippen LogP contribution in [0.4, 0.5) is 0 Å². The van der Waals surface area contributed by atoms with Crippen molar-refractivity contribution in [1.82, 2.24) is 20.4 Å². The molecule has 1 unspecified atom stereocenters. The summed E-state index contributed by atoms with van der Waals surface area (Å²) >= 11 is 0. The van der Waals surface area contributed by atoms with E-state index in [1.165, 1.54) is 30.6 Å². The van der Waals surface area contributed by atoms with Gasteiger partial charge in [-0.05, 0) is 50.5 Å². The van der Waals surface area contributed by atoms with Gasteiger partial charge < -0.3 is 25.4 Å². The average molecular weight is 418 g/mol. The fraction of sp³-hybridized carbons (Fsp3) is 0.696. The fourth-order valence-corrected chi connectivity index (χ4v) is 4.27. The molecular formula is C23H39N5O2. The Balaban J connectivity index is 1.44. The molecule has 3 N–H and O–H groups in total. The van der Waals surface area contributed by atoms with E-state index in [1.54, 1.807) is 7.05 Å². The van der Waals surface area contributed by atoms with Crippen molar-refractivity contribution in [2.24, 2.45) is 10.4 Å². The summed E-state index contributed by atoms with van der Waals surface area (Å²) in [7, 11) is 4.00. The Morgan fingerprint density at radius 2 is 1.93 bits per heavy atom. The number of aliphatic imine (C=N–C) groups is 1. The molecule has 7 heteroatoms. The molecule has 2 saturated heterocycles. The number of nitrogens with one attached hydrogen (secondary N) is 2. The van der Waals surface area contributed by atoms with Crippen LogP contribution in [0.25, 0.3) is 0 Å². The zero-order valence-corrected chi connectivity index (χ0v) is 18.7. The van der Waals surface area contributed by atoms with E-state index in [1.807, 2.05) is 0 Å². The molecule has 2 fully saturated rings. The van der Waals surface area contributed by atoms with Crippen molar-refractivity contribution in [2.45, 2.75) is 32.4 Å². The lowest BCUT2D eigenvalue weighted by molar-refractivity contribution is 0.127. The monoisotopic (exact) mass is 417 g/mol. The number of guanidine groups is 1. The van der Waals surface area contributed by atoms with E-state index in [0.29, 0.717) is 6.61 Å². The van der Waals surface area contributed by atoms with Crippen molar-refractivity contribution < 1.29 is 9.84 Å². The van der Waals surface area contributed by atoms with Crippen LogP contribution in [0.3, 0.4) is 0 Å². The molecule has 168 valence electrons. The fourth-order valence-electron chi connectivity index (χ4n) is 4.27. The van der Waals surface area contributed by atoms with Crippen LogP contribution in [0.15, 0.2) is 29.3 Å². The molecule has 2 aliphatic rings. The van der Waals surface area contributed by atoms with Crippen LogP contribution < -0.4 is 10.6 Å². The maximum absolute atomic E-state index is 9.38. The van der Waals surface area contributed by atoms with Crippen molar-refractivity contribution in [3.8, 4) is 0 Å². The second kappa shape index (κ2) is 11.6. The minimum Gasteiger partial charge on any atom is -0.396 e. The third kappa shape index (κ3) is 6.94. The van der Waals surface area contributed by atoms with E-state index in [2.05, 4.69) is 56.7 Å². The molecule has 2 aliphatic heterocycles. The molecule has 0 aromatic heterocycles. The van der Waals surface area contributed by atoms with Gasteiger partial charge in [-0.2, -0.15) is 0 Å². The Labute approximate surface area is 181 Å². The van der Waals surface area contributed by atoms with Crippen LogP contribution in [0.1, 0.15) is 30.4 Å². The van der Waals surface area contributed by atoms with Crippen molar-refractivity contribution in [2.75, 3.05) is 66.6 Å². The molecule has 2 heterocycles. The van der Waals surface area contributed by atoms with Gasteiger partial charge in [0.2, 0.25) is 0 Å². The van der Waals surface area contributed by atoms with Gasteiger partial charge in [0, 0.05) is 58.4 Å². The van der Waals surface area contributed by atoms with Crippen LogP contribution in [0.2, 0.25) is 0 Å². The normalized spacial score (nSPS) is 24.0. The van der Waals surface area contributed by atoms with E-state index in [4.69, 9.17) is 4.74 Å². The summed E-state index contributed by atoms with van der Waals surface area (Å²) in [6, 6.07) is 8.90. The number of benzene rings is 1. The Hall–Kier alpha value is -1.67. The van der Waals surface area contributed by atoms with Gasteiger partial charge in [0.25, 0.3) is 0 Å². The highest BCUT2D eigenvalue weighted by molar-refractivity contribution is 5.79. The molecule has 0 saturated carbocycles. The summed E-state index contributed by atoms with van der Waals surface area (Å²) in [5.74, 6) is 0.789. The topological polar surface area (TPSA) is 72.4 Å². The standard InChI is InChI=1S/C23H39N5O2/c1-24-22(26-18-23(8-14-29)9-15-30-19-23)25-16-20-4-6-21(7-5-20)17-28-11-3-10-27(2)12-13-28/h4-7,29H,3,8-19H2,1-2H3,(H2,24,25,26). The van der Waals surface area contributed by atoms with E-state index in [-0.39, 0.29) is 12.0 Å². The van der Waals surface area contributed by atoms with Gasteiger partial charge in [-0.1, -0.05) is 24.3 Å². The maximum Gasteiger partial charge on any atom is 0.191 e. The van der Waals surface area contributed by atoms with Gasteiger partial charge in [0.1, 0.15) is 0 Å². The molecular weight excluding hydrogens is 378 g/mol. The first kappa shape index (κ1) is 23.0. The third-order valence-corrected chi connectivity index (χ3v) is 6.38. The average Bonchev–Trinajstić information content (AvgIpc) is 3.12. The van der Waals surface area contributed by atoms with Gasteiger partial charge in [0.05, 0.1) is 6.61 Å². The Morgan fingerprint density at radius 3 is 2.63 bits per heavy atom. The minimum atomic E-state index is 0.0101. The summed E-state index contributed by atoms with van der Waals surface area (Å²) in [6.07, 6.45) is 2.98. The second-order valence-electron chi connectivity index (χ2n) is 8.80. The highest BCUT2D eigenvalue weighted by atomic mass is 16.5. The smallest absolute Gasteiger partial charge is 0.191 e. The Kier molecular flexibility index (Phi) is 8.93. The molecule has 30 heavy (non-hydrogen) atoms. The molecule has 7 nitrogen and oxygen atoms in total. The lowest BCUT2D eigenvalue weighted by Gasteiger charge is -2.27. The van der Waals surface area contributed by atoms with Crippen molar-refractivity contribution in [3.05, 3.63) is 35.4 Å². The summed E-state index contributed by atoms with van der Waals surface area (Å²) < 4.78 is 5.57. The Bertz CT molecular complexity index is 658. The SMILES string of the molecule is CN=C(NCc1ccc(CN2CCCN(C)CC2)cc1)NCC1(CCO)CCOC1. The molecule has 1 aromatic rings. The predicted molar refractivity (Wildman–Crippen MR) is 122 cm³/mol. The molecule has 3 rings (SSSR count). The summed E-state index contributed by atoms with van der Waals surface area (Å²) in [5, 5.41) is 16.2. The van der Waals surface area contributed by atoms with Crippen LogP contribution in [0, 0.1) is 5.41 Å². The molecule has 1 aromatic carbocycles. The highest BCUT2D eigenvalue weighted by Gasteiger charge is 2.34. The molecule has 1 atom stereocenters. The molecule has 0 amide bonds. The van der Waals surface area contributed by atoms with E-state index >= 15 is 0 Å². The number of aliphatic hydroxyl groups excluding tert-OH is 1. The number of ether oxygens (including phenoxy) is 1. The zero-order chi connectivity index (χ0) is 21.2. The number of rotatable bonds is 8. The quantitative estimate of drug-likeness (QED) is 0.437.